The number of hydrogen-bond donors (Lipinski definition) is 1. The number of carboxylic acid groups (broad SMARTS) is 1. The maximum Gasteiger partial charge on any atom is 0.416 e. The Bertz CT molecular complexity index is 1300. The number of rotatable bonds is 4. The number of para-hydroxylation sites is 4. The highest BCUT2D eigenvalue weighted by molar-refractivity contribution is 5.68. The molecule has 1 aliphatic rings. The van der Waals surface area contributed by atoms with Crippen LogP contribution in [0.4, 0.5) is 26.3 Å². The standard InChI is InChI=1S/C29H26F6O8/c30-28(31,32)20-13-19(14-21(15-20)29(33,34)35)27(43-16-26(36)37)17-41-24-7-3-1-5-22(24)39-11-9-38-10-12-40-23-6-2-4-8-25(23)42-18-27/h1-8,13-15H,9-12,16-18H2,(H,36,37). The second-order valence-electron chi connectivity index (χ2n) is 9.25. The van der Waals surface area contributed by atoms with Crippen molar-refractivity contribution in [3.8, 4) is 23.0 Å². The van der Waals surface area contributed by atoms with Crippen LogP contribution in [0.15, 0.2) is 66.7 Å². The highest BCUT2D eigenvalue weighted by Gasteiger charge is 2.43. The van der Waals surface area contributed by atoms with Crippen molar-refractivity contribution < 1.29 is 64.7 Å². The Morgan fingerprint density at radius 2 is 1.12 bits per heavy atom. The first-order valence-corrected chi connectivity index (χ1v) is 12.8. The van der Waals surface area contributed by atoms with E-state index in [9.17, 15) is 36.2 Å². The van der Waals surface area contributed by atoms with Crippen LogP contribution in [-0.4, -0.2) is 57.3 Å². The minimum Gasteiger partial charge on any atom is -0.487 e. The van der Waals surface area contributed by atoms with Crippen LogP contribution >= 0.6 is 0 Å². The Morgan fingerprint density at radius 1 is 0.698 bits per heavy atom. The zero-order chi connectivity index (χ0) is 31.1. The number of carboxylic acids is 1. The molecule has 1 aliphatic heterocycles. The lowest BCUT2D eigenvalue weighted by molar-refractivity contribution is -0.158. The summed E-state index contributed by atoms with van der Waals surface area (Å²) in [6.45, 7) is -2.21. The molecule has 0 amide bonds. The molecule has 0 aliphatic carbocycles. The summed E-state index contributed by atoms with van der Waals surface area (Å²) in [5.41, 5.74) is -6.26. The van der Waals surface area contributed by atoms with Gasteiger partial charge in [-0.2, -0.15) is 26.3 Å². The van der Waals surface area contributed by atoms with E-state index in [1.54, 1.807) is 24.3 Å². The first-order valence-electron chi connectivity index (χ1n) is 12.8. The largest absolute Gasteiger partial charge is 0.487 e. The first-order chi connectivity index (χ1) is 20.4. The molecule has 3 aromatic carbocycles. The summed E-state index contributed by atoms with van der Waals surface area (Å²) in [6, 6.07) is 13.2. The van der Waals surface area contributed by atoms with Crippen molar-refractivity contribution in [1.29, 1.82) is 0 Å². The first kappa shape index (κ1) is 31.8. The predicted molar refractivity (Wildman–Crippen MR) is 137 cm³/mol. The monoisotopic (exact) mass is 616 g/mol. The van der Waals surface area contributed by atoms with Crippen molar-refractivity contribution in [2.75, 3.05) is 46.2 Å². The molecule has 0 spiro atoms. The molecule has 3 aromatic rings. The second-order valence-corrected chi connectivity index (χ2v) is 9.25. The van der Waals surface area contributed by atoms with Gasteiger partial charge in [-0.05, 0) is 48.0 Å². The maximum absolute atomic E-state index is 13.8. The van der Waals surface area contributed by atoms with Gasteiger partial charge in [0.25, 0.3) is 0 Å². The fourth-order valence-electron chi connectivity index (χ4n) is 4.08. The van der Waals surface area contributed by atoms with Crippen LogP contribution in [-0.2, 0) is 32.2 Å². The Morgan fingerprint density at radius 3 is 1.51 bits per heavy atom. The van der Waals surface area contributed by atoms with Crippen molar-refractivity contribution in [3.05, 3.63) is 83.4 Å². The third-order valence-electron chi connectivity index (χ3n) is 6.18. The lowest BCUT2D eigenvalue weighted by Gasteiger charge is -2.34. The summed E-state index contributed by atoms with van der Waals surface area (Å²) >= 11 is 0. The number of aliphatic carboxylic acids is 1. The maximum atomic E-state index is 13.8. The molecule has 232 valence electrons. The van der Waals surface area contributed by atoms with Crippen LogP contribution < -0.4 is 18.9 Å². The number of fused-ring (bicyclic) bond motifs is 2. The SMILES string of the molecule is O=C(O)COC1(c2cc(C(F)(F)F)cc(C(F)(F)F)c2)COc2ccccc2OCCOCCOc2ccccc2OC1. The quantitative estimate of drug-likeness (QED) is 0.359. The molecule has 8 nitrogen and oxygen atoms in total. The third kappa shape index (κ3) is 8.45. The van der Waals surface area contributed by atoms with Gasteiger partial charge in [-0.15, -0.1) is 0 Å². The summed E-state index contributed by atoms with van der Waals surface area (Å²) in [4.78, 5) is 11.6. The van der Waals surface area contributed by atoms with Crippen molar-refractivity contribution in [3.63, 3.8) is 0 Å². The summed E-state index contributed by atoms with van der Waals surface area (Å²) in [5.74, 6) is -1.04. The number of benzene rings is 3. The normalized spacial score (nSPS) is 16.3. The summed E-state index contributed by atoms with van der Waals surface area (Å²) < 4.78 is 117. The highest BCUT2D eigenvalue weighted by Crippen LogP contribution is 2.41. The van der Waals surface area contributed by atoms with E-state index in [0.29, 0.717) is 12.1 Å². The Hall–Kier alpha value is -4.17. The van der Waals surface area contributed by atoms with E-state index in [1.807, 2.05) is 0 Å². The third-order valence-corrected chi connectivity index (χ3v) is 6.18. The number of ether oxygens (including phenoxy) is 6. The van der Waals surface area contributed by atoms with Gasteiger partial charge in [-0.25, -0.2) is 4.79 Å². The van der Waals surface area contributed by atoms with E-state index in [4.69, 9.17) is 28.4 Å². The van der Waals surface area contributed by atoms with Crippen LogP contribution in [0.1, 0.15) is 16.7 Å². The molecule has 4 rings (SSSR count). The molecule has 0 bridgehead atoms. The van der Waals surface area contributed by atoms with Crippen molar-refractivity contribution in [1.82, 2.24) is 0 Å². The molecule has 0 aromatic heterocycles. The van der Waals surface area contributed by atoms with Crippen LogP contribution in [0.2, 0.25) is 0 Å². The average Bonchev–Trinajstić information content (AvgIpc) is 2.96. The minimum absolute atomic E-state index is 0.0417. The summed E-state index contributed by atoms with van der Waals surface area (Å²) in [5, 5.41) is 9.41. The molecule has 0 saturated heterocycles. The van der Waals surface area contributed by atoms with E-state index < -0.39 is 60.4 Å². The molecular formula is C29H26F6O8. The number of carbonyl (C=O) groups is 1. The zero-order valence-electron chi connectivity index (χ0n) is 22.4. The van der Waals surface area contributed by atoms with Crippen LogP contribution in [0.5, 0.6) is 23.0 Å². The van der Waals surface area contributed by atoms with Crippen LogP contribution in [0.25, 0.3) is 0 Å². The minimum atomic E-state index is -5.19. The Kier molecular flexibility index (Phi) is 9.91. The molecular weight excluding hydrogens is 590 g/mol. The molecule has 0 saturated carbocycles. The van der Waals surface area contributed by atoms with Gasteiger partial charge in [0.05, 0.1) is 24.3 Å². The Balaban J connectivity index is 1.88. The molecule has 14 heteroatoms. The van der Waals surface area contributed by atoms with Crippen LogP contribution in [0, 0.1) is 0 Å². The molecule has 0 unspecified atom stereocenters. The molecule has 1 N–H and O–H groups in total. The van der Waals surface area contributed by atoms with Gasteiger partial charge in [0.2, 0.25) is 0 Å². The average molecular weight is 617 g/mol. The number of halogens is 6. The smallest absolute Gasteiger partial charge is 0.416 e. The molecule has 0 atom stereocenters. The summed E-state index contributed by atoms with van der Waals surface area (Å²) in [7, 11) is 0. The van der Waals surface area contributed by atoms with E-state index in [2.05, 4.69) is 0 Å². The fraction of sp³-hybridized carbons (Fsp3) is 0.345. The predicted octanol–water partition coefficient (Wildman–Crippen LogP) is 5.97. The van der Waals surface area contributed by atoms with Gasteiger partial charge in [0, 0.05) is 0 Å². The second kappa shape index (κ2) is 13.4. The van der Waals surface area contributed by atoms with Crippen LogP contribution in [0.3, 0.4) is 0 Å². The van der Waals surface area contributed by atoms with Gasteiger partial charge >= 0.3 is 18.3 Å². The van der Waals surface area contributed by atoms with E-state index in [-0.39, 0.29) is 55.5 Å². The molecule has 1 heterocycles. The van der Waals surface area contributed by atoms with Gasteiger partial charge in [-0.3, -0.25) is 0 Å². The molecule has 0 radical (unpaired) electrons. The Labute approximate surface area is 241 Å². The van der Waals surface area contributed by atoms with E-state index in [1.165, 1.54) is 24.3 Å². The highest BCUT2D eigenvalue weighted by atomic mass is 19.4. The molecule has 0 fully saturated rings. The number of hydrogen-bond acceptors (Lipinski definition) is 7. The van der Waals surface area contributed by atoms with Gasteiger partial charge in [0.1, 0.15) is 33.0 Å². The van der Waals surface area contributed by atoms with E-state index >= 15 is 0 Å². The lowest BCUT2D eigenvalue weighted by Crippen LogP contribution is -2.44. The lowest BCUT2D eigenvalue weighted by atomic mass is 9.91. The van der Waals surface area contributed by atoms with E-state index in [0.717, 1.165) is 0 Å². The van der Waals surface area contributed by atoms with Gasteiger partial charge in [0.15, 0.2) is 28.6 Å². The van der Waals surface area contributed by atoms with Crippen molar-refractivity contribution in [2.45, 2.75) is 18.0 Å². The van der Waals surface area contributed by atoms with Crippen molar-refractivity contribution in [2.24, 2.45) is 0 Å². The van der Waals surface area contributed by atoms with Crippen molar-refractivity contribution >= 4 is 5.97 Å². The van der Waals surface area contributed by atoms with Gasteiger partial charge in [-0.1, -0.05) is 24.3 Å². The van der Waals surface area contributed by atoms with Gasteiger partial charge < -0.3 is 33.5 Å². The fourth-order valence-corrected chi connectivity index (χ4v) is 4.08. The number of alkyl halides is 6. The topological polar surface area (TPSA) is 92.7 Å². The molecule has 43 heavy (non-hydrogen) atoms. The zero-order valence-corrected chi connectivity index (χ0v) is 22.4. The summed E-state index contributed by atoms with van der Waals surface area (Å²) in [6.07, 6.45) is -10.4.